The molecule has 2 heterocycles. The van der Waals surface area contributed by atoms with Crippen LogP contribution in [-0.2, 0) is 11.3 Å². The Labute approximate surface area is 207 Å². The summed E-state index contributed by atoms with van der Waals surface area (Å²) in [4.78, 5) is 31.4. The Hall–Kier alpha value is -3.16. The largest absolute Gasteiger partial charge is 0.325 e. The molecular weight excluding hydrogens is 462 g/mol. The normalized spacial score (nSPS) is 11.2. The zero-order valence-electron chi connectivity index (χ0n) is 19.5. The highest BCUT2D eigenvalue weighted by atomic mass is 32.2. The third-order valence-corrected chi connectivity index (χ3v) is 7.38. The summed E-state index contributed by atoms with van der Waals surface area (Å²) in [5, 5.41) is 6.02. The maximum atomic E-state index is 13.5. The van der Waals surface area contributed by atoms with Gasteiger partial charge in [-0.05, 0) is 36.1 Å². The molecule has 0 fully saturated rings. The molecule has 0 aliphatic heterocycles. The van der Waals surface area contributed by atoms with Gasteiger partial charge in [-0.3, -0.25) is 14.2 Å². The molecule has 5 nitrogen and oxygen atoms in total. The Morgan fingerprint density at radius 3 is 2.53 bits per heavy atom. The number of aryl methyl sites for hydroxylation is 1. The smallest absolute Gasteiger partial charge is 0.263 e. The van der Waals surface area contributed by atoms with Crippen molar-refractivity contribution in [3.63, 3.8) is 0 Å². The maximum Gasteiger partial charge on any atom is 0.263 e. The van der Waals surface area contributed by atoms with Gasteiger partial charge in [-0.15, -0.1) is 17.9 Å². The molecule has 4 rings (SSSR count). The minimum absolute atomic E-state index is 0.117. The van der Waals surface area contributed by atoms with Crippen molar-refractivity contribution in [2.24, 2.45) is 0 Å². The van der Waals surface area contributed by atoms with Gasteiger partial charge in [0.25, 0.3) is 5.56 Å². The third-order valence-electron chi connectivity index (χ3n) is 5.53. The molecule has 2 aromatic carbocycles. The van der Waals surface area contributed by atoms with E-state index >= 15 is 0 Å². The fourth-order valence-corrected chi connectivity index (χ4v) is 5.43. The number of nitrogens with one attached hydrogen (secondary N) is 1. The van der Waals surface area contributed by atoms with Crippen molar-refractivity contribution in [1.82, 2.24) is 9.55 Å². The Morgan fingerprint density at radius 1 is 1.18 bits per heavy atom. The predicted octanol–water partition coefficient (Wildman–Crippen LogP) is 6.47. The van der Waals surface area contributed by atoms with Gasteiger partial charge in [0.05, 0.1) is 11.1 Å². The molecule has 0 atom stereocenters. The fraction of sp³-hybridized carbons (Fsp3) is 0.222. The van der Waals surface area contributed by atoms with E-state index in [-0.39, 0.29) is 17.2 Å². The topological polar surface area (TPSA) is 64.0 Å². The van der Waals surface area contributed by atoms with Gasteiger partial charge >= 0.3 is 0 Å². The summed E-state index contributed by atoms with van der Waals surface area (Å²) in [5.74, 6) is 0.442. The van der Waals surface area contributed by atoms with Gasteiger partial charge in [-0.2, -0.15) is 0 Å². The van der Waals surface area contributed by atoms with E-state index in [9.17, 15) is 9.59 Å². The van der Waals surface area contributed by atoms with Crippen molar-refractivity contribution in [2.45, 2.75) is 38.4 Å². The van der Waals surface area contributed by atoms with Crippen LogP contribution in [0.1, 0.15) is 30.9 Å². The molecule has 34 heavy (non-hydrogen) atoms. The van der Waals surface area contributed by atoms with Gasteiger partial charge in [0, 0.05) is 23.2 Å². The highest BCUT2D eigenvalue weighted by Gasteiger charge is 2.18. The lowest BCUT2D eigenvalue weighted by Crippen LogP contribution is -2.23. The van der Waals surface area contributed by atoms with Crippen molar-refractivity contribution in [1.29, 1.82) is 0 Å². The zero-order chi connectivity index (χ0) is 24.2. The van der Waals surface area contributed by atoms with E-state index in [4.69, 9.17) is 4.98 Å². The molecule has 7 heteroatoms. The molecule has 0 unspecified atom stereocenters. The molecule has 4 aromatic rings. The number of aromatic nitrogens is 2. The number of allylic oxidation sites excluding steroid dienone is 1. The SMILES string of the molecule is C=CCn1c(SCC(=O)Nc2ccc(C(C)C)cc2)nc2scc(-c3ccc(C)cc3)c2c1=O. The van der Waals surface area contributed by atoms with Crippen LogP contribution in [0.25, 0.3) is 21.3 Å². The molecule has 0 saturated heterocycles. The average Bonchev–Trinajstić information content (AvgIpc) is 3.25. The molecular formula is C27H27N3O2S2. The number of thiophene rings is 1. The van der Waals surface area contributed by atoms with Gasteiger partial charge in [0.15, 0.2) is 5.16 Å². The van der Waals surface area contributed by atoms with E-state index in [1.807, 2.05) is 60.8 Å². The minimum atomic E-state index is -0.145. The van der Waals surface area contributed by atoms with E-state index in [0.717, 1.165) is 16.8 Å². The first-order valence-corrected chi connectivity index (χ1v) is 13.0. The number of amides is 1. The molecule has 0 aliphatic rings. The van der Waals surface area contributed by atoms with Crippen LogP contribution in [0, 0.1) is 6.92 Å². The lowest BCUT2D eigenvalue weighted by Gasteiger charge is -2.11. The van der Waals surface area contributed by atoms with Crippen LogP contribution in [-0.4, -0.2) is 21.2 Å². The Bertz CT molecular complexity index is 1380. The zero-order valence-corrected chi connectivity index (χ0v) is 21.1. The number of benzene rings is 2. The standard InChI is InChI=1S/C27H27N3O2S2/c1-5-14-30-26(32)24-22(20-8-6-18(4)7-9-20)15-33-25(24)29-27(30)34-16-23(31)28-21-12-10-19(11-13-21)17(2)3/h5-13,15,17H,1,14,16H2,2-4H3,(H,28,31). The number of rotatable bonds is 8. The van der Waals surface area contributed by atoms with Gasteiger partial charge < -0.3 is 5.32 Å². The molecule has 0 radical (unpaired) electrons. The Kier molecular flexibility index (Phi) is 7.34. The van der Waals surface area contributed by atoms with Crippen LogP contribution in [0.4, 0.5) is 5.69 Å². The van der Waals surface area contributed by atoms with Crippen molar-refractivity contribution in [3.05, 3.63) is 88.0 Å². The summed E-state index contributed by atoms with van der Waals surface area (Å²) >= 11 is 2.70. The van der Waals surface area contributed by atoms with Crippen molar-refractivity contribution in [3.8, 4) is 11.1 Å². The first-order chi connectivity index (χ1) is 16.4. The first-order valence-electron chi connectivity index (χ1n) is 11.1. The van der Waals surface area contributed by atoms with Gasteiger partial charge in [-0.25, -0.2) is 4.98 Å². The van der Waals surface area contributed by atoms with E-state index < -0.39 is 0 Å². The number of nitrogens with zero attached hydrogens (tertiary/aromatic N) is 2. The molecule has 0 spiro atoms. The maximum absolute atomic E-state index is 13.5. The summed E-state index contributed by atoms with van der Waals surface area (Å²) in [7, 11) is 0. The van der Waals surface area contributed by atoms with Gasteiger partial charge in [-0.1, -0.05) is 73.6 Å². The van der Waals surface area contributed by atoms with Crippen molar-refractivity contribution in [2.75, 3.05) is 11.1 Å². The number of fused-ring (bicyclic) bond motifs is 1. The second kappa shape index (κ2) is 10.4. The van der Waals surface area contributed by atoms with E-state index in [2.05, 4.69) is 25.7 Å². The second-order valence-corrected chi connectivity index (χ2v) is 10.2. The molecule has 0 saturated carbocycles. The molecule has 0 bridgehead atoms. The average molecular weight is 490 g/mol. The molecule has 174 valence electrons. The van der Waals surface area contributed by atoms with Gasteiger partial charge in [0.2, 0.25) is 5.91 Å². The van der Waals surface area contributed by atoms with Crippen molar-refractivity contribution < 1.29 is 4.79 Å². The monoisotopic (exact) mass is 489 g/mol. The second-order valence-electron chi connectivity index (χ2n) is 8.41. The number of carbonyl (C=O) groups is 1. The lowest BCUT2D eigenvalue weighted by molar-refractivity contribution is -0.113. The summed E-state index contributed by atoms with van der Waals surface area (Å²) in [6.07, 6.45) is 1.67. The minimum Gasteiger partial charge on any atom is -0.325 e. The Morgan fingerprint density at radius 2 is 1.88 bits per heavy atom. The van der Waals surface area contributed by atoms with Crippen LogP contribution < -0.4 is 10.9 Å². The van der Waals surface area contributed by atoms with Crippen LogP contribution >= 0.6 is 23.1 Å². The number of hydrogen-bond acceptors (Lipinski definition) is 5. The van der Waals surface area contributed by atoms with Crippen molar-refractivity contribution >= 4 is 44.9 Å². The third kappa shape index (κ3) is 5.16. The van der Waals surface area contributed by atoms with Crippen LogP contribution in [0.2, 0.25) is 0 Å². The number of carbonyl (C=O) groups excluding carboxylic acids is 1. The first kappa shape index (κ1) is 24.0. The molecule has 1 amide bonds. The number of hydrogen-bond donors (Lipinski definition) is 1. The number of thioether (sulfide) groups is 1. The quantitative estimate of drug-likeness (QED) is 0.175. The Balaban J connectivity index is 1.58. The summed E-state index contributed by atoms with van der Waals surface area (Å²) in [5.41, 5.74) is 4.90. The van der Waals surface area contributed by atoms with E-state index in [1.165, 1.54) is 34.2 Å². The summed E-state index contributed by atoms with van der Waals surface area (Å²) < 4.78 is 1.59. The predicted molar refractivity (Wildman–Crippen MR) is 144 cm³/mol. The molecule has 1 N–H and O–H groups in total. The fourth-order valence-electron chi connectivity index (χ4n) is 3.63. The van der Waals surface area contributed by atoms with Crippen LogP contribution in [0.3, 0.4) is 0 Å². The lowest BCUT2D eigenvalue weighted by atomic mass is 10.0. The van der Waals surface area contributed by atoms with Crippen LogP contribution in [0.5, 0.6) is 0 Å². The summed E-state index contributed by atoms with van der Waals surface area (Å²) in [6, 6.07) is 16.0. The van der Waals surface area contributed by atoms with E-state index in [0.29, 0.717) is 27.8 Å². The number of anilines is 1. The highest BCUT2D eigenvalue weighted by Crippen LogP contribution is 2.32. The highest BCUT2D eigenvalue weighted by molar-refractivity contribution is 7.99. The van der Waals surface area contributed by atoms with Gasteiger partial charge in [0.1, 0.15) is 4.83 Å². The van der Waals surface area contributed by atoms with E-state index in [1.54, 1.807) is 10.6 Å². The summed E-state index contributed by atoms with van der Waals surface area (Å²) in [6.45, 7) is 10.4. The molecule has 2 aromatic heterocycles. The van der Waals surface area contributed by atoms with Crippen LogP contribution in [0.15, 0.2) is 76.5 Å². The molecule has 0 aliphatic carbocycles.